The number of amides is 1. The van der Waals surface area contributed by atoms with Gasteiger partial charge in [0.1, 0.15) is 10.8 Å². The monoisotopic (exact) mass is 250 g/mol. The minimum Gasteiger partial charge on any atom is -0.343 e. The van der Waals surface area contributed by atoms with Crippen LogP contribution in [0.25, 0.3) is 0 Å². The lowest BCUT2D eigenvalue weighted by molar-refractivity contribution is 0.0936. The Morgan fingerprint density at radius 2 is 2.24 bits per heavy atom. The molecule has 1 aromatic heterocycles. The summed E-state index contributed by atoms with van der Waals surface area (Å²) in [4.78, 5) is 15.9. The Labute approximate surface area is 102 Å². The van der Waals surface area contributed by atoms with Crippen LogP contribution in [0.3, 0.4) is 0 Å². The third-order valence-corrected chi connectivity index (χ3v) is 3.25. The predicted octanol–water partition coefficient (Wildman–Crippen LogP) is 2.77. The molecule has 2 aromatic rings. The standard InChI is InChI=1S/C12H11FN2OS/c1-8(12-14-6-7-17-12)15-11(16)9-4-2-3-5-10(9)13/h2-8H,1H3,(H,15,16). The Kier molecular flexibility index (Phi) is 3.49. The van der Waals surface area contributed by atoms with Crippen molar-refractivity contribution < 1.29 is 9.18 Å². The van der Waals surface area contributed by atoms with Crippen molar-refractivity contribution in [1.82, 2.24) is 10.3 Å². The van der Waals surface area contributed by atoms with Gasteiger partial charge >= 0.3 is 0 Å². The largest absolute Gasteiger partial charge is 0.343 e. The number of carbonyl (C=O) groups is 1. The van der Waals surface area contributed by atoms with Crippen LogP contribution < -0.4 is 5.32 Å². The number of rotatable bonds is 3. The quantitative estimate of drug-likeness (QED) is 0.910. The molecule has 88 valence electrons. The summed E-state index contributed by atoms with van der Waals surface area (Å²) in [7, 11) is 0. The van der Waals surface area contributed by atoms with Crippen LogP contribution in [0.2, 0.25) is 0 Å². The van der Waals surface area contributed by atoms with Gasteiger partial charge in [-0.05, 0) is 19.1 Å². The van der Waals surface area contributed by atoms with Gasteiger partial charge in [0, 0.05) is 11.6 Å². The number of aromatic nitrogens is 1. The van der Waals surface area contributed by atoms with Gasteiger partial charge in [0.15, 0.2) is 0 Å². The van der Waals surface area contributed by atoms with Crippen LogP contribution >= 0.6 is 11.3 Å². The zero-order chi connectivity index (χ0) is 12.3. The molecule has 0 fully saturated rings. The first kappa shape index (κ1) is 11.7. The Balaban J connectivity index is 2.10. The normalized spacial score (nSPS) is 12.1. The molecule has 17 heavy (non-hydrogen) atoms. The molecular weight excluding hydrogens is 239 g/mol. The van der Waals surface area contributed by atoms with Crippen LogP contribution in [0.4, 0.5) is 4.39 Å². The van der Waals surface area contributed by atoms with Crippen molar-refractivity contribution >= 4 is 17.2 Å². The van der Waals surface area contributed by atoms with E-state index in [1.807, 2.05) is 12.3 Å². The van der Waals surface area contributed by atoms with Gasteiger partial charge in [-0.25, -0.2) is 9.37 Å². The molecule has 0 aliphatic rings. The first-order chi connectivity index (χ1) is 8.18. The Morgan fingerprint density at radius 1 is 1.47 bits per heavy atom. The second-order valence-electron chi connectivity index (χ2n) is 3.55. The summed E-state index contributed by atoms with van der Waals surface area (Å²) in [6, 6.07) is 5.69. The highest BCUT2D eigenvalue weighted by atomic mass is 32.1. The lowest BCUT2D eigenvalue weighted by Gasteiger charge is -2.11. The summed E-state index contributed by atoms with van der Waals surface area (Å²) in [5, 5.41) is 5.34. The van der Waals surface area contributed by atoms with E-state index >= 15 is 0 Å². The van der Waals surface area contributed by atoms with E-state index in [0.717, 1.165) is 5.01 Å². The Bertz CT molecular complexity index is 513. The smallest absolute Gasteiger partial charge is 0.254 e. The lowest BCUT2D eigenvalue weighted by atomic mass is 10.2. The topological polar surface area (TPSA) is 42.0 Å². The van der Waals surface area contributed by atoms with Gasteiger partial charge in [-0.1, -0.05) is 12.1 Å². The number of benzene rings is 1. The lowest BCUT2D eigenvalue weighted by Crippen LogP contribution is -2.27. The van der Waals surface area contributed by atoms with Crippen LogP contribution in [-0.4, -0.2) is 10.9 Å². The molecule has 5 heteroatoms. The number of halogens is 1. The van der Waals surface area contributed by atoms with E-state index in [0.29, 0.717) is 0 Å². The van der Waals surface area contributed by atoms with E-state index in [1.165, 1.54) is 23.5 Å². The highest BCUT2D eigenvalue weighted by molar-refractivity contribution is 7.09. The fourth-order valence-electron chi connectivity index (χ4n) is 1.43. The van der Waals surface area contributed by atoms with Crippen LogP contribution in [0, 0.1) is 5.82 Å². The SMILES string of the molecule is CC(NC(=O)c1ccccc1F)c1nccs1. The molecule has 1 amide bonds. The average Bonchev–Trinajstić information content (AvgIpc) is 2.82. The van der Waals surface area contributed by atoms with Gasteiger partial charge in [-0.15, -0.1) is 11.3 Å². The Morgan fingerprint density at radius 3 is 2.88 bits per heavy atom. The molecule has 0 radical (unpaired) electrons. The van der Waals surface area contributed by atoms with E-state index in [4.69, 9.17) is 0 Å². The molecule has 3 nitrogen and oxygen atoms in total. The number of hydrogen-bond donors (Lipinski definition) is 1. The fourth-order valence-corrected chi connectivity index (χ4v) is 2.08. The zero-order valence-corrected chi connectivity index (χ0v) is 10.00. The summed E-state index contributed by atoms with van der Waals surface area (Å²) in [5.41, 5.74) is 0.0518. The van der Waals surface area contributed by atoms with Gasteiger partial charge in [0.2, 0.25) is 0 Å². The molecule has 1 unspecified atom stereocenters. The van der Waals surface area contributed by atoms with E-state index < -0.39 is 11.7 Å². The maximum Gasteiger partial charge on any atom is 0.254 e. The van der Waals surface area contributed by atoms with Crippen LogP contribution in [0.5, 0.6) is 0 Å². The van der Waals surface area contributed by atoms with Gasteiger partial charge in [-0.2, -0.15) is 0 Å². The van der Waals surface area contributed by atoms with Gasteiger partial charge in [-0.3, -0.25) is 4.79 Å². The maximum atomic E-state index is 13.4. The zero-order valence-electron chi connectivity index (χ0n) is 9.18. The minimum absolute atomic E-state index is 0.0518. The van der Waals surface area contributed by atoms with Crippen molar-refractivity contribution in [2.45, 2.75) is 13.0 Å². The summed E-state index contributed by atoms with van der Waals surface area (Å²) in [6.07, 6.45) is 1.67. The number of nitrogens with one attached hydrogen (secondary N) is 1. The first-order valence-corrected chi connectivity index (χ1v) is 6.01. The van der Waals surface area contributed by atoms with E-state index in [2.05, 4.69) is 10.3 Å². The second-order valence-corrected chi connectivity index (χ2v) is 4.47. The molecule has 1 atom stereocenters. The van der Waals surface area contributed by atoms with Crippen LogP contribution in [0.1, 0.15) is 28.3 Å². The third kappa shape index (κ3) is 2.68. The number of thiazole rings is 1. The highest BCUT2D eigenvalue weighted by Crippen LogP contribution is 2.16. The number of hydrogen-bond acceptors (Lipinski definition) is 3. The Hall–Kier alpha value is -1.75. The van der Waals surface area contributed by atoms with E-state index in [-0.39, 0.29) is 11.6 Å². The summed E-state index contributed by atoms with van der Waals surface area (Å²) >= 11 is 1.45. The fraction of sp³-hybridized carbons (Fsp3) is 0.167. The van der Waals surface area contributed by atoms with Crippen molar-refractivity contribution in [2.75, 3.05) is 0 Å². The first-order valence-electron chi connectivity index (χ1n) is 5.13. The molecule has 1 heterocycles. The van der Waals surface area contributed by atoms with Crippen molar-refractivity contribution in [3.8, 4) is 0 Å². The predicted molar refractivity (Wildman–Crippen MR) is 64.4 cm³/mol. The maximum absolute atomic E-state index is 13.4. The number of nitrogens with zero attached hydrogens (tertiary/aromatic N) is 1. The number of carbonyl (C=O) groups excluding carboxylic acids is 1. The van der Waals surface area contributed by atoms with E-state index in [9.17, 15) is 9.18 Å². The molecule has 0 saturated heterocycles. The van der Waals surface area contributed by atoms with Crippen molar-refractivity contribution in [2.24, 2.45) is 0 Å². The van der Waals surface area contributed by atoms with Gasteiger partial charge < -0.3 is 5.32 Å². The molecule has 0 aliphatic carbocycles. The van der Waals surface area contributed by atoms with Crippen molar-refractivity contribution in [1.29, 1.82) is 0 Å². The van der Waals surface area contributed by atoms with Crippen molar-refractivity contribution in [3.63, 3.8) is 0 Å². The van der Waals surface area contributed by atoms with Crippen molar-refractivity contribution in [3.05, 3.63) is 52.2 Å². The van der Waals surface area contributed by atoms with Gasteiger partial charge in [0.25, 0.3) is 5.91 Å². The minimum atomic E-state index is -0.517. The van der Waals surface area contributed by atoms with Crippen LogP contribution in [0.15, 0.2) is 35.8 Å². The molecule has 0 saturated carbocycles. The molecule has 0 bridgehead atoms. The molecule has 0 aliphatic heterocycles. The van der Waals surface area contributed by atoms with Crippen LogP contribution in [-0.2, 0) is 0 Å². The summed E-state index contributed by atoms with van der Waals surface area (Å²) < 4.78 is 13.4. The van der Waals surface area contributed by atoms with E-state index in [1.54, 1.807) is 18.3 Å². The average molecular weight is 250 g/mol. The third-order valence-electron chi connectivity index (χ3n) is 2.29. The summed E-state index contributed by atoms with van der Waals surface area (Å²) in [5.74, 6) is -0.942. The molecule has 0 spiro atoms. The summed E-state index contributed by atoms with van der Waals surface area (Å²) in [6.45, 7) is 1.82. The molecular formula is C12H11FN2OS. The molecule has 1 N–H and O–H groups in total. The highest BCUT2D eigenvalue weighted by Gasteiger charge is 2.15. The molecule has 2 rings (SSSR count). The molecule has 1 aromatic carbocycles. The van der Waals surface area contributed by atoms with Gasteiger partial charge in [0.05, 0.1) is 11.6 Å². The second kappa shape index (κ2) is 5.05.